The molecule has 1 aliphatic rings. The molecule has 0 saturated carbocycles. The lowest BCUT2D eigenvalue weighted by atomic mass is 9.92. The van der Waals surface area contributed by atoms with Crippen molar-refractivity contribution in [1.82, 2.24) is 14.8 Å². The van der Waals surface area contributed by atoms with Crippen molar-refractivity contribution in [1.29, 1.82) is 5.26 Å². The number of rotatable bonds is 17. The smallest absolute Gasteiger partial charge is 0.142 e. The van der Waals surface area contributed by atoms with Gasteiger partial charge in [-0.2, -0.15) is 5.26 Å². The molecule has 2 heterocycles. The number of ether oxygens (including phenoxy) is 3. The molecule has 270 valence electrons. The highest BCUT2D eigenvalue weighted by molar-refractivity contribution is 6.32. The van der Waals surface area contributed by atoms with Gasteiger partial charge in [-0.3, -0.25) is 14.8 Å². The second kappa shape index (κ2) is 18.4. The van der Waals surface area contributed by atoms with Crippen LogP contribution < -0.4 is 9.47 Å². The maximum Gasteiger partial charge on any atom is 0.142 e. The summed E-state index contributed by atoms with van der Waals surface area (Å²) in [4.78, 5) is 8.20. The van der Waals surface area contributed by atoms with Crippen LogP contribution in [0.4, 0.5) is 0 Å². The van der Waals surface area contributed by atoms with Crippen molar-refractivity contribution in [2.24, 2.45) is 0 Å². The quantitative estimate of drug-likeness (QED) is 0.122. The third-order valence-corrected chi connectivity index (χ3v) is 9.82. The average Bonchev–Trinajstić information content (AvgIpc) is 3.55. The van der Waals surface area contributed by atoms with Gasteiger partial charge in [0.2, 0.25) is 0 Å². The molecule has 0 aliphatic carbocycles. The predicted octanol–water partition coefficient (Wildman–Crippen LogP) is 5.42. The maximum absolute atomic E-state index is 9.78. The van der Waals surface area contributed by atoms with Crippen LogP contribution in [0, 0.1) is 25.2 Å². The zero-order valence-electron chi connectivity index (χ0n) is 29.5. The molecular weight excluding hydrogens is 668 g/mol. The van der Waals surface area contributed by atoms with E-state index in [4.69, 9.17) is 25.8 Å². The van der Waals surface area contributed by atoms with Gasteiger partial charge in [0, 0.05) is 55.8 Å². The van der Waals surface area contributed by atoms with E-state index in [1.165, 1.54) is 11.8 Å². The molecular formula is C40H47ClN4O6. The summed E-state index contributed by atoms with van der Waals surface area (Å²) in [5, 5.41) is 38.9. The van der Waals surface area contributed by atoms with E-state index in [0.29, 0.717) is 41.8 Å². The number of pyridine rings is 1. The molecule has 11 heteroatoms. The lowest BCUT2D eigenvalue weighted by molar-refractivity contribution is 0.0866. The van der Waals surface area contributed by atoms with Crippen molar-refractivity contribution >= 4 is 11.6 Å². The van der Waals surface area contributed by atoms with Crippen LogP contribution in [0.25, 0.3) is 11.1 Å². The number of halogens is 1. The van der Waals surface area contributed by atoms with E-state index in [9.17, 15) is 20.6 Å². The van der Waals surface area contributed by atoms with E-state index < -0.39 is 6.04 Å². The lowest BCUT2D eigenvalue weighted by Gasteiger charge is -2.26. The lowest BCUT2D eigenvalue weighted by Crippen LogP contribution is -2.37. The van der Waals surface area contributed by atoms with E-state index >= 15 is 0 Å². The summed E-state index contributed by atoms with van der Waals surface area (Å²) in [7, 11) is 1.81. The Labute approximate surface area is 305 Å². The van der Waals surface area contributed by atoms with Crippen molar-refractivity contribution in [3.63, 3.8) is 0 Å². The van der Waals surface area contributed by atoms with Crippen LogP contribution in [0.2, 0.25) is 5.02 Å². The SMILES string of the molecule is Cc1c(COCCN2CC[C@@H](O)C2)cccc1-c1cccc(COc2cc(OCc3cncc(C#N)c3)c(CN(C)C(CO)CO)cc2Cl)c1C. The van der Waals surface area contributed by atoms with Gasteiger partial charge in [-0.05, 0) is 72.8 Å². The fraction of sp³-hybridized carbons (Fsp3) is 0.400. The van der Waals surface area contributed by atoms with Crippen LogP contribution >= 0.6 is 11.6 Å². The third kappa shape index (κ3) is 10.1. The zero-order chi connectivity index (χ0) is 36.3. The average molecular weight is 715 g/mol. The molecule has 0 amide bonds. The molecule has 1 fully saturated rings. The number of aliphatic hydroxyl groups excluding tert-OH is 3. The van der Waals surface area contributed by atoms with Gasteiger partial charge in [0.15, 0.2) is 0 Å². The van der Waals surface area contributed by atoms with Crippen molar-refractivity contribution in [2.75, 3.05) is 46.5 Å². The van der Waals surface area contributed by atoms with Gasteiger partial charge >= 0.3 is 0 Å². The molecule has 1 saturated heterocycles. The largest absolute Gasteiger partial charge is 0.488 e. The number of nitrogens with zero attached hydrogens (tertiary/aromatic N) is 4. The van der Waals surface area contributed by atoms with Crippen LogP contribution in [0.15, 0.2) is 67.0 Å². The molecule has 0 unspecified atom stereocenters. The number of aromatic nitrogens is 1. The van der Waals surface area contributed by atoms with Gasteiger partial charge in [-0.15, -0.1) is 0 Å². The molecule has 0 radical (unpaired) electrons. The first kappa shape index (κ1) is 38.2. The summed E-state index contributed by atoms with van der Waals surface area (Å²) in [6, 6.07) is 19.4. The van der Waals surface area contributed by atoms with Crippen molar-refractivity contribution < 1.29 is 29.5 Å². The number of β-amino-alcohol motifs (C(OH)–C–C–N with tert-alkyl or cyclic N) is 1. The van der Waals surface area contributed by atoms with Crippen LogP contribution in [0.3, 0.4) is 0 Å². The Balaban J connectivity index is 1.31. The highest BCUT2D eigenvalue weighted by atomic mass is 35.5. The molecule has 4 aromatic rings. The molecule has 0 bridgehead atoms. The van der Waals surface area contributed by atoms with Crippen molar-refractivity contribution in [3.05, 3.63) is 111 Å². The highest BCUT2D eigenvalue weighted by Crippen LogP contribution is 2.36. The number of benzene rings is 3. The number of likely N-dealkylation sites (tertiary alicyclic amines) is 1. The first-order valence-electron chi connectivity index (χ1n) is 17.2. The number of likely N-dealkylation sites (N-methyl/N-ethyl adjacent to an activating group) is 1. The van der Waals surface area contributed by atoms with Crippen molar-refractivity contribution in [3.8, 4) is 28.7 Å². The normalized spacial score (nSPS) is 14.7. The van der Waals surface area contributed by atoms with Gasteiger partial charge in [-0.1, -0.05) is 48.0 Å². The minimum absolute atomic E-state index is 0.164. The molecule has 10 nitrogen and oxygen atoms in total. The number of hydrogen-bond donors (Lipinski definition) is 3. The summed E-state index contributed by atoms with van der Waals surface area (Å²) in [5.41, 5.74) is 8.59. The maximum atomic E-state index is 9.78. The van der Waals surface area contributed by atoms with E-state index in [0.717, 1.165) is 65.0 Å². The van der Waals surface area contributed by atoms with Gasteiger partial charge < -0.3 is 29.5 Å². The summed E-state index contributed by atoms with van der Waals surface area (Å²) < 4.78 is 18.6. The Kier molecular flexibility index (Phi) is 13.8. The minimum Gasteiger partial charge on any atom is -0.488 e. The van der Waals surface area contributed by atoms with E-state index in [1.807, 2.05) is 24.1 Å². The van der Waals surface area contributed by atoms with E-state index in [2.05, 4.69) is 54.1 Å². The van der Waals surface area contributed by atoms with Crippen LogP contribution in [-0.4, -0.2) is 88.8 Å². The Hall–Kier alpha value is -4.05. The van der Waals surface area contributed by atoms with Gasteiger partial charge in [0.1, 0.15) is 30.8 Å². The van der Waals surface area contributed by atoms with Crippen LogP contribution in [0.1, 0.15) is 45.4 Å². The van der Waals surface area contributed by atoms with Crippen LogP contribution in [-0.2, 0) is 31.1 Å². The van der Waals surface area contributed by atoms with Gasteiger partial charge in [0.25, 0.3) is 0 Å². The van der Waals surface area contributed by atoms with E-state index in [1.54, 1.807) is 24.4 Å². The number of aliphatic hydroxyl groups is 3. The first-order valence-corrected chi connectivity index (χ1v) is 17.6. The fourth-order valence-corrected chi connectivity index (χ4v) is 6.52. The fourth-order valence-electron chi connectivity index (χ4n) is 6.28. The summed E-state index contributed by atoms with van der Waals surface area (Å²) in [6.07, 6.45) is 3.75. The third-order valence-electron chi connectivity index (χ3n) is 9.52. The second-order valence-corrected chi connectivity index (χ2v) is 13.5. The molecule has 5 rings (SSSR count). The summed E-state index contributed by atoms with van der Waals surface area (Å²) >= 11 is 6.79. The Bertz CT molecular complexity index is 1810. The molecule has 1 atom stereocenters. The Morgan fingerprint density at radius 3 is 2.27 bits per heavy atom. The zero-order valence-corrected chi connectivity index (χ0v) is 30.3. The number of hydrogen-bond acceptors (Lipinski definition) is 10. The topological polar surface area (TPSA) is 132 Å². The molecule has 51 heavy (non-hydrogen) atoms. The van der Waals surface area contributed by atoms with Crippen molar-refractivity contribution in [2.45, 2.75) is 58.8 Å². The summed E-state index contributed by atoms with van der Waals surface area (Å²) in [6.45, 7) is 8.20. The molecule has 1 aromatic heterocycles. The second-order valence-electron chi connectivity index (χ2n) is 13.1. The molecule has 3 aromatic carbocycles. The Morgan fingerprint density at radius 2 is 1.63 bits per heavy atom. The minimum atomic E-state index is -0.452. The van der Waals surface area contributed by atoms with Gasteiger partial charge in [0.05, 0.1) is 49.2 Å². The molecule has 1 aliphatic heterocycles. The van der Waals surface area contributed by atoms with E-state index in [-0.39, 0.29) is 32.5 Å². The molecule has 0 spiro atoms. The monoisotopic (exact) mass is 714 g/mol. The van der Waals surface area contributed by atoms with Gasteiger partial charge in [-0.25, -0.2) is 0 Å². The Morgan fingerprint density at radius 1 is 0.941 bits per heavy atom. The predicted molar refractivity (Wildman–Crippen MR) is 197 cm³/mol. The highest BCUT2D eigenvalue weighted by Gasteiger charge is 2.20. The first-order chi connectivity index (χ1) is 24.7. The molecule has 3 N–H and O–H groups in total. The summed E-state index contributed by atoms with van der Waals surface area (Å²) in [5.74, 6) is 0.975. The standard InChI is InChI=1S/C40H47ClN4O6/c1-27-31(25-49-13-12-45-11-10-35(48)21-45)6-4-8-36(27)37-9-5-7-32(28(37)2)26-51-40-16-39(50-24-30-14-29(17-42)18-43-19-30)33(15-38(40)41)20-44(3)34(22-46)23-47/h4-9,14-16,18-19,34-35,46-48H,10-13,20-26H2,1-3H3/t35-/m1/s1. The number of nitriles is 1. The van der Waals surface area contributed by atoms with Crippen LogP contribution in [0.5, 0.6) is 11.5 Å².